The summed E-state index contributed by atoms with van der Waals surface area (Å²) < 4.78 is 0.748. The van der Waals surface area contributed by atoms with E-state index >= 15 is 0 Å². The first-order valence-electron chi connectivity index (χ1n) is 6.21. The minimum atomic E-state index is -0.151. The molecule has 1 aliphatic heterocycles. The predicted octanol–water partition coefficient (Wildman–Crippen LogP) is 0.954. The van der Waals surface area contributed by atoms with E-state index in [-0.39, 0.29) is 11.9 Å². The van der Waals surface area contributed by atoms with E-state index in [1.54, 1.807) is 12.3 Å². The number of nitrogens with two attached hydrogens (primary N) is 1. The van der Waals surface area contributed by atoms with Crippen molar-refractivity contribution in [2.24, 2.45) is 5.84 Å². The Morgan fingerprint density at radius 2 is 2.42 bits per heavy atom. The second-order valence-corrected chi connectivity index (χ2v) is 5.68. The maximum Gasteiger partial charge on any atom is 0.255 e. The molecule has 19 heavy (non-hydrogen) atoms. The fourth-order valence-corrected chi connectivity index (χ4v) is 2.61. The van der Waals surface area contributed by atoms with Gasteiger partial charge in [-0.2, -0.15) is 0 Å². The average Bonchev–Trinajstić information content (AvgIpc) is 2.38. The van der Waals surface area contributed by atoms with Crippen LogP contribution in [0.4, 0.5) is 5.82 Å². The molecule has 0 aliphatic carbocycles. The highest BCUT2D eigenvalue weighted by atomic mass is 79.9. The topological polar surface area (TPSA) is 83.3 Å². The van der Waals surface area contributed by atoms with Crippen LogP contribution in [0.25, 0.3) is 0 Å². The van der Waals surface area contributed by atoms with Gasteiger partial charge in [0.25, 0.3) is 5.91 Å². The molecule has 4 N–H and O–H groups in total. The van der Waals surface area contributed by atoms with Gasteiger partial charge in [0.2, 0.25) is 0 Å². The van der Waals surface area contributed by atoms with Crippen molar-refractivity contribution in [3.8, 4) is 0 Å². The number of hydrazine groups is 1. The summed E-state index contributed by atoms with van der Waals surface area (Å²) >= 11 is 3.31. The van der Waals surface area contributed by atoms with E-state index in [9.17, 15) is 4.79 Å². The number of piperidine rings is 1. The number of aromatic nitrogens is 1. The third-order valence-corrected chi connectivity index (χ3v) is 3.63. The molecule has 2 heterocycles. The second kappa shape index (κ2) is 6.31. The van der Waals surface area contributed by atoms with Crippen molar-refractivity contribution < 1.29 is 4.79 Å². The zero-order valence-corrected chi connectivity index (χ0v) is 12.4. The number of pyridine rings is 1. The van der Waals surface area contributed by atoms with Crippen molar-refractivity contribution in [2.75, 3.05) is 25.6 Å². The number of nitrogens with zero attached hydrogens (tertiary/aromatic N) is 2. The Hall–Kier alpha value is -1.18. The van der Waals surface area contributed by atoms with Crippen LogP contribution in [-0.2, 0) is 0 Å². The van der Waals surface area contributed by atoms with E-state index in [4.69, 9.17) is 5.84 Å². The number of amides is 1. The molecule has 1 aliphatic rings. The SMILES string of the molecule is CN1CCCC(NC(=O)c2cc(Br)cnc2NN)C1. The molecular formula is C12H18BrN5O. The first kappa shape index (κ1) is 14.2. The summed E-state index contributed by atoms with van der Waals surface area (Å²) in [5.74, 6) is 5.61. The highest BCUT2D eigenvalue weighted by Gasteiger charge is 2.21. The van der Waals surface area contributed by atoms with Gasteiger partial charge in [0.15, 0.2) is 5.82 Å². The number of likely N-dealkylation sites (N-methyl/N-ethyl adjacent to an activating group) is 1. The molecule has 1 aromatic rings. The number of hydrogen-bond donors (Lipinski definition) is 3. The van der Waals surface area contributed by atoms with E-state index in [1.165, 1.54) is 0 Å². The van der Waals surface area contributed by atoms with Crippen LogP contribution >= 0.6 is 15.9 Å². The number of anilines is 1. The maximum absolute atomic E-state index is 12.3. The highest BCUT2D eigenvalue weighted by molar-refractivity contribution is 9.10. The van der Waals surface area contributed by atoms with Gasteiger partial charge >= 0.3 is 0 Å². The maximum atomic E-state index is 12.3. The largest absolute Gasteiger partial charge is 0.348 e. The molecule has 0 spiro atoms. The molecule has 0 saturated carbocycles. The van der Waals surface area contributed by atoms with Gasteiger partial charge in [-0.3, -0.25) is 4.79 Å². The van der Waals surface area contributed by atoms with Gasteiger partial charge in [-0.1, -0.05) is 0 Å². The molecule has 1 unspecified atom stereocenters. The number of halogens is 1. The van der Waals surface area contributed by atoms with Crippen molar-refractivity contribution in [1.29, 1.82) is 0 Å². The van der Waals surface area contributed by atoms with Crippen LogP contribution in [0.3, 0.4) is 0 Å². The van der Waals surface area contributed by atoms with Gasteiger partial charge in [0.05, 0.1) is 5.56 Å². The first-order valence-corrected chi connectivity index (χ1v) is 7.01. The molecule has 1 aromatic heterocycles. The van der Waals surface area contributed by atoms with Crippen LogP contribution in [0.15, 0.2) is 16.7 Å². The standard InChI is InChI=1S/C12H18BrN5O/c1-18-4-2-3-9(7-18)16-12(19)10-5-8(13)6-15-11(10)17-14/h5-6,9H,2-4,7,14H2,1H3,(H,15,17)(H,16,19). The second-order valence-electron chi connectivity index (χ2n) is 4.77. The molecule has 1 fully saturated rings. The predicted molar refractivity (Wildman–Crippen MR) is 77.7 cm³/mol. The van der Waals surface area contributed by atoms with Gasteiger partial charge in [0.1, 0.15) is 0 Å². The Labute approximate surface area is 120 Å². The quantitative estimate of drug-likeness (QED) is 0.568. The number of carbonyl (C=O) groups excluding carboxylic acids is 1. The molecule has 1 atom stereocenters. The molecular weight excluding hydrogens is 310 g/mol. The molecule has 1 saturated heterocycles. The lowest BCUT2D eigenvalue weighted by atomic mass is 10.1. The Kier molecular flexibility index (Phi) is 4.73. The minimum Gasteiger partial charge on any atom is -0.348 e. The van der Waals surface area contributed by atoms with Gasteiger partial charge in [-0.05, 0) is 48.4 Å². The monoisotopic (exact) mass is 327 g/mol. The summed E-state index contributed by atoms with van der Waals surface area (Å²) in [7, 11) is 2.06. The van der Waals surface area contributed by atoms with Crippen molar-refractivity contribution in [3.05, 3.63) is 22.3 Å². The van der Waals surface area contributed by atoms with Gasteiger partial charge in [0, 0.05) is 23.3 Å². The lowest BCUT2D eigenvalue weighted by molar-refractivity contribution is 0.0913. The molecule has 0 radical (unpaired) electrons. The Morgan fingerprint density at radius 3 is 3.11 bits per heavy atom. The van der Waals surface area contributed by atoms with Crippen LogP contribution in [-0.4, -0.2) is 42.0 Å². The smallest absolute Gasteiger partial charge is 0.255 e. The molecule has 6 nitrogen and oxygen atoms in total. The number of likely N-dealkylation sites (tertiary alicyclic amines) is 1. The van der Waals surface area contributed by atoms with E-state index in [0.29, 0.717) is 11.4 Å². The van der Waals surface area contributed by atoms with Gasteiger partial charge in [-0.15, -0.1) is 0 Å². The molecule has 0 aromatic carbocycles. The Balaban J connectivity index is 2.09. The van der Waals surface area contributed by atoms with Gasteiger partial charge in [-0.25, -0.2) is 10.8 Å². The van der Waals surface area contributed by atoms with E-state index in [0.717, 1.165) is 30.4 Å². The van der Waals surface area contributed by atoms with Crippen molar-refractivity contribution in [3.63, 3.8) is 0 Å². The number of rotatable bonds is 3. The Morgan fingerprint density at radius 1 is 1.63 bits per heavy atom. The number of carbonyl (C=O) groups is 1. The molecule has 7 heteroatoms. The van der Waals surface area contributed by atoms with Crippen LogP contribution < -0.4 is 16.6 Å². The number of nitrogens with one attached hydrogen (secondary N) is 2. The third-order valence-electron chi connectivity index (χ3n) is 3.20. The fraction of sp³-hybridized carbons (Fsp3) is 0.500. The normalized spacial score (nSPS) is 20.1. The molecule has 2 rings (SSSR count). The summed E-state index contributed by atoms with van der Waals surface area (Å²) in [6.45, 7) is 1.96. The number of hydrogen-bond acceptors (Lipinski definition) is 5. The van der Waals surface area contributed by atoms with Crippen molar-refractivity contribution >= 4 is 27.7 Å². The van der Waals surface area contributed by atoms with E-state index < -0.39 is 0 Å². The van der Waals surface area contributed by atoms with Crippen molar-refractivity contribution in [2.45, 2.75) is 18.9 Å². The van der Waals surface area contributed by atoms with Crippen LogP contribution in [0.1, 0.15) is 23.2 Å². The first-order chi connectivity index (χ1) is 9.10. The van der Waals surface area contributed by atoms with E-state index in [2.05, 4.69) is 43.6 Å². The van der Waals surface area contributed by atoms with Crippen LogP contribution in [0, 0.1) is 0 Å². The van der Waals surface area contributed by atoms with Crippen LogP contribution in [0.5, 0.6) is 0 Å². The Bertz CT molecular complexity index is 467. The summed E-state index contributed by atoms with van der Waals surface area (Å²) in [4.78, 5) is 18.6. The fourth-order valence-electron chi connectivity index (χ4n) is 2.27. The summed E-state index contributed by atoms with van der Waals surface area (Å²) in [5, 5.41) is 3.03. The summed E-state index contributed by atoms with van der Waals surface area (Å²) in [6, 6.07) is 1.89. The highest BCUT2D eigenvalue weighted by Crippen LogP contribution is 2.18. The lowest BCUT2D eigenvalue weighted by Crippen LogP contribution is -2.46. The molecule has 104 valence electrons. The molecule has 1 amide bonds. The zero-order valence-electron chi connectivity index (χ0n) is 10.8. The summed E-state index contributed by atoms with van der Waals surface area (Å²) in [5.41, 5.74) is 2.90. The average molecular weight is 328 g/mol. The van der Waals surface area contributed by atoms with Crippen LogP contribution in [0.2, 0.25) is 0 Å². The lowest BCUT2D eigenvalue weighted by Gasteiger charge is -2.30. The zero-order chi connectivity index (χ0) is 13.8. The third kappa shape index (κ3) is 3.65. The molecule has 0 bridgehead atoms. The summed E-state index contributed by atoms with van der Waals surface area (Å²) in [6.07, 6.45) is 3.70. The number of nitrogen functional groups attached to an aromatic ring is 1. The minimum absolute atomic E-state index is 0.151. The van der Waals surface area contributed by atoms with E-state index in [1.807, 2.05) is 0 Å². The van der Waals surface area contributed by atoms with Crippen molar-refractivity contribution in [1.82, 2.24) is 15.2 Å². The van der Waals surface area contributed by atoms with Gasteiger partial charge < -0.3 is 15.6 Å².